The molecule has 0 unspecified atom stereocenters. The zero-order valence-electron chi connectivity index (χ0n) is 28.2. The summed E-state index contributed by atoms with van der Waals surface area (Å²) in [5.41, 5.74) is -6.27. The third kappa shape index (κ3) is 7.88. The van der Waals surface area contributed by atoms with Crippen LogP contribution in [-0.4, -0.2) is 96.8 Å². The quantitative estimate of drug-likeness (QED) is 0.0891. The van der Waals surface area contributed by atoms with E-state index in [0.717, 1.165) is 18.1 Å². The second-order valence-electron chi connectivity index (χ2n) is 13.1. The van der Waals surface area contributed by atoms with Crippen LogP contribution in [0.4, 0.5) is 0 Å². The van der Waals surface area contributed by atoms with Gasteiger partial charge in [-0.3, -0.25) is 4.79 Å². The molecular formula is C35H46O14. The van der Waals surface area contributed by atoms with Gasteiger partial charge in [-0.05, 0) is 42.2 Å². The van der Waals surface area contributed by atoms with Crippen LogP contribution in [0.15, 0.2) is 54.6 Å². The van der Waals surface area contributed by atoms with Crippen LogP contribution in [-0.2, 0) is 49.3 Å². The van der Waals surface area contributed by atoms with E-state index in [1.807, 2.05) is 51.1 Å². The summed E-state index contributed by atoms with van der Waals surface area (Å²) in [7, 11) is 0. The Hall–Kier alpha value is -4.11. The minimum Gasteiger partial charge on any atom is -0.479 e. The number of fused-ring (bicyclic) bond motifs is 2. The van der Waals surface area contributed by atoms with Crippen molar-refractivity contribution in [2.75, 3.05) is 0 Å². The Morgan fingerprint density at radius 3 is 2.37 bits per heavy atom. The second kappa shape index (κ2) is 15.6. The zero-order chi connectivity index (χ0) is 36.9. The predicted molar refractivity (Wildman–Crippen MR) is 171 cm³/mol. The highest BCUT2D eigenvalue weighted by Crippen LogP contribution is 2.56. The Labute approximate surface area is 284 Å². The van der Waals surface area contributed by atoms with Gasteiger partial charge in [0.25, 0.3) is 0 Å². The third-order valence-electron chi connectivity index (χ3n) is 9.29. The first-order valence-electron chi connectivity index (χ1n) is 16.1. The third-order valence-corrected chi connectivity index (χ3v) is 9.29. The lowest BCUT2D eigenvalue weighted by atomic mass is 10.0. The van der Waals surface area contributed by atoms with E-state index in [1.54, 1.807) is 6.92 Å². The first-order chi connectivity index (χ1) is 22.9. The second-order valence-corrected chi connectivity index (χ2v) is 13.1. The van der Waals surface area contributed by atoms with Crippen LogP contribution in [0.1, 0.15) is 65.9 Å². The van der Waals surface area contributed by atoms with Crippen molar-refractivity contribution in [2.45, 2.75) is 108 Å². The smallest absolute Gasteiger partial charge is 0.344 e. The molecule has 270 valence electrons. The van der Waals surface area contributed by atoms with Crippen LogP contribution < -0.4 is 0 Å². The van der Waals surface area contributed by atoms with Gasteiger partial charge in [0.05, 0.1) is 0 Å². The summed E-state index contributed by atoms with van der Waals surface area (Å²) >= 11 is 0. The number of allylic oxidation sites excluding steroid dienone is 1. The molecule has 0 aromatic heterocycles. The molecule has 0 aliphatic carbocycles. The highest BCUT2D eigenvalue weighted by Gasteiger charge is 2.85. The van der Waals surface area contributed by atoms with Crippen LogP contribution in [0, 0.1) is 17.8 Å². The Balaban J connectivity index is 2.02. The molecule has 14 nitrogen and oxygen atoms in total. The molecule has 1 aromatic carbocycles. The maximum Gasteiger partial charge on any atom is 0.344 e. The molecule has 14 heteroatoms. The van der Waals surface area contributed by atoms with Gasteiger partial charge in [0, 0.05) is 25.3 Å². The molecule has 5 N–H and O–H groups in total. The molecule has 2 heterocycles. The van der Waals surface area contributed by atoms with Gasteiger partial charge in [0.1, 0.15) is 12.2 Å². The summed E-state index contributed by atoms with van der Waals surface area (Å²) in [6.45, 7) is 12.9. The van der Waals surface area contributed by atoms with Gasteiger partial charge in [0.2, 0.25) is 23.1 Å². The summed E-state index contributed by atoms with van der Waals surface area (Å²) in [6.07, 6.45) is -4.83. The van der Waals surface area contributed by atoms with Gasteiger partial charge in [0.15, 0.2) is 6.10 Å². The Kier molecular flexibility index (Phi) is 12.5. The SMILES string of the molecule is C=[14C](C[14CH2][C@]12O[C@H](C(=O)O)[C@@](O)(C(=O)O)[14C@](C(=O)O)(O1)[C@H](OC(=O)/[14CH]=C/[14C@@H](C)C[14C@@H](C)C[14CH3])[14C@H]2O)[C@@H](OC([14CH3])=O)[14C@@H](C)Cc1ccccc1. The van der Waals surface area contributed by atoms with Crippen LogP contribution in [0.3, 0.4) is 0 Å². The van der Waals surface area contributed by atoms with Crippen molar-refractivity contribution in [3.8, 4) is 0 Å². The van der Waals surface area contributed by atoms with Crippen molar-refractivity contribution >= 4 is 29.8 Å². The predicted octanol–water partition coefficient (Wildman–Crippen LogP) is 2.88. The fraction of sp³-hybridized carbons (Fsp3) is 0.571. The van der Waals surface area contributed by atoms with Crippen molar-refractivity contribution in [3.63, 3.8) is 0 Å². The molecule has 2 aliphatic rings. The molecular weight excluding hydrogens is 664 g/mol. The number of aliphatic carboxylic acids is 3. The van der Waals surface area contributed by atoms with E-state index in [9.17, 15) is 49.5 Å². The van der Waals surface area contributed by atoms with Crippen LogP contribution in [0.2, 0.25) is 0 Å². The average molecular weight is 711 g/mol. The van der Waals surface area contributed by atoms with Crippen molar-refractivity contribution in [3.05, 3.63) is 60.2 Å². The van der Waals surface area contributed by atoms with Crippen molar-refractivity contribution in [1.82, 2.24) is 0 Å². The van der Waals surface area contributed by atoms with Gasteiger partial charge in [-0.25, -0.2) is 19.2 Å². The summed E-state index contributed by atoms with van der Waals surface area (Å²) in [5.74, 6) is -11.3. The molecule has 10 atom stereocenters. The lowest BCUT2D eigenvalue weighted by Crippen LogP contribution is -2.78. The molecule has 2 fully saturated rings. The molecule has 0 spiro atoms. The standard InChI is InChI=1S/C35H46O14/c1-7-19(2)17-20(3)13-14-25(37)47-28-27(38)33(48-29(30(39)40)34(45,31(41)42)35(28,49-33)32(43)44)16-15-21(4)26(46-23(6)36)22(5)18-24-11-9-8-10-12-24/h8-14,19-20,22,26-29,38,45H,4,7,15-18H2,1-3,5-6H3,(H,39,40)(H,41,42)(H,43,44)/b14-13+/t19-,20+,22-,26+,27+,28+,29+,33-,34+,35-/m0/s1/i1+2,6+2,14+2,16+2,19+2,20+2,21+2,22+2,27+2,35+2. The van der Waals surface area contributed by atoms with Crippen LogP contribution >= 0.6 is 0 Å². The fourth-order valence-electron chi connectivity index (χ4n) is 6.58. The minimum atomic E-state index is -3.90. The van der Waals surface area contributed by atoms with E-state index >= 15 is 0 Å². The number of benzene rings is 1. The maximum absolute atomic E-state index is 13.0. The Morgan fingerprint density at radius 2 is 1.84 bits per heavy atom. The zero-order valence-corrected chi connectivity index (χ0v) is 28.2. The molecule has 1 aromatic rings. The van der Waals surface area contributed by atoms with Crippen LogP contribution in [0.25, 0.3) is 0 Å². The van der Waals surface area contributed by atoms with Crippen molar-refractivity contribution < 1.29 is 68.5 Å². The van der Waals surface area contributed by atoms with Crippen molar-refractivity contribution in [2.24, 2.45) is 17.8 Å². The van der Waals surface area contributed by atoms with E-state index < -0.39 is 77.7 Å². The molecule has 2 saturated heterocycles. The van der Waals surface area contributed by atoms with Crippen molar-refractivity contribution in [1.29, 1.82) is 0 Å². The number of carbonyl (C=O) groups excluding carboxylic acids is 2. The Morgan fingerprint density at radius 1 is 1.20 bits per heavy atom. The van der Waals surface area contributed by atoms with Gasteiger partial charge in [-0.2, -0.15) is 0 Å². The largest absolute Gasteiger partial charge is 0.479 e. The summed E-state index contributed by atoms with van der Waals surface area (Å²) in [6, 6.07) is 9.29. The number of ether oxygens (including phenoxy) is 4. The first-order valence-corrected chi connectivity index (χ1v) is 16.1. The number of aliphatic hydroxyl groups is 2. The highest BCUT2D eigenvalue weighted by atomic mass is 17.0. The molecule has 49 heavy (non-hydrogen) atoms. The number of carboxylic acids is 3. The lowest BCUT2D eigenvalue weighted by Gasteiger charge is -2.48. The first kappa shape index (κ1) is 39.3. The molecule has 0 amide bonds. The van der Waals surface area contributed by atoms with Gasteiger partial charge < -0.3 is 44.5 Å². The summed E-state index contributed by atoms with van der Waals surface area (Å²) < 4.78 is 22.0. The number of aliphatic hydroxyl groups excluding tert-OH is 1. The highest BCUT2D eigenvalue weighted by molar-refractivity contribution is 5.98. The minimum absolute atomic E-state index is 0.123. The lowest BCUT2D eigenvalue weighted by molar-refractivity contribution is -0.374. The summed E-state index contributed by atoms with van der Waals surface area (Å²) in [4.78, 5) is 63.0. The van der Waals surface area contributed by atoms with E-state index in [2.05, 4.69) is 6.58 Å². The molecule has 3 rings (SSSR count). The molecule has 2 bridgehead atoms. The number of hydrogen-bond acceptors (Lipinski definition) is 11. The number of carboxylic acid groups (broad SMARTS) is 3. The molecule has 0 saturated carbocycles. The van der Waals surface area contributed by atoms with Gasteiger partial charge in [-0.1, -0.05) is 77.1 Å². The van der Waals surface area contributed by atoms with Gasteiger partial charge in [-0.15, -0.1) is 0 Å². The monoisotopic (exact) mass is 710 g/mol. The van der Waals surface area contributed by atoms with E-state index in [4.69, 9.17) is 18.9 Å². The van der Waals surface area contributed by atoms with E-state index in [-0.39, 0.29) is 23.8 Å². The van der Waals surface area contributed by atoms with Gasteiger partial charge >= 0.3 is 29.8 Å². The van der Waals surface area contributed by atoms with E-state index in [0.29, 0.717) is 18.8 Å². The molecule has 2 aliphatic heterocycles. The Bertz CT molecular complexity index is 1440. The average Bonchev–Trinajstić information content (AvgIpc) is 3.25. The maximum atomic E-state index is 13.0. The van der Waals surface area contributed by atoms with Crippen LogP contribution in [0.5, 0.6) is 0 Å². The van der Waals surface area contributed by atoms with E-state index in [1.165, 1.54) is 13.0 Å². The fourth-order valence-corrected chi connectivity index (χ4v) is 6.58. The number of carbonyl (C=O) groups is 5. The number of hydrogen-bond donors (Lipinski definition) is 5. The molecule has 0 radical (unpaired) electrons. The number of rotatable bonds is 17. The topological polar surface area (TPSA) is 223 Å². The number of esters is 2. The normalized spacial score (nSPS) is 30.1. The summed E-state index contributed by atoms with van der Waals surface area (Å²) in [5, 5.41) is 53.5.